The number of amides is 1. The zero-order valence-corrected chi connectivity index (χ0v) is 16.6. The van der Waals surface area contributed by atoms with Gasteiger partial charge in [0, 0.05) is 32.7 Å². The summed E-state index contributed by atoms with van der Waals surface area (Å²) in [7, 11) is -3.47. The number of rotatable bonds is 7. The number of nitrogens with zero attached hydrogens (tertiary/aromatic N) is 2. The van der Waals surface area contributed by atoms with E-state index in [1.54, 1.807) is 17.5 Å². The van der Waals surface area contributed by atoms with E-state index in [1.807, 2.05) is 0 Å². The van der Waals surface area contributed by atoms with Gasteiger partial charge in [0.2, 0.25) is 5.91 Å². The lowest BCUT2D eigenvalue weighted by Gasteiger charge is -2.31. The zero-order valence-electron chi connectivity index (χ0n) is 14.9. The Labute approximate surface area is 159 Å². The normalized spacial score (nSPS) is 23.0. The number of thiophene rings is 1. The number of nitrogens with one attached hydrogen (secondary N) is 1. The summed E-state index contributed by atoms with van der Waals surface area (Å²) in [5.74, 6) is -0.292. The van der Waals surface area contributed by atoms with Gasteiger partial charge in [-0.25, -0.2) is 8.42 Å². The van der Waals surface area contributed by atoms with Crippen molar-refractivity contribution in [1.82, 2.24) is 14.5 Å². The molecule has 1 aromatic rings. The fraction of sp³-hybridized carbons (Fsp3) is 0.706. The van der Waals surface area contributed by atoms with E-state index in [9.17, 15) is 13.2 Å². The summed E-state index contributed by atoms with van der Waals surface area (Å²) >= 11 is 1.22. The molecule has 0 saturated carbocycles. The number of sulfonamides is 1. The van der Waals surface area contributed by atoms with E-state index in [2.05, 4.69) is 10.2 Å². The van der Waals surface area contributed by atoms with Crippen LogP contribution in [0.15, 0.2) is 21.7 Å². The Balaban J connectivity index is 1.44. The molecule has 0 aliphatic carbocycles. The maximum Gasteiger partial charge on any atom is 0.252 e. The molecule has 0 radical (unpaired) electrons. The predicted octanol–water partition coefficient (Wildman–Crippen LogP) is 0.987. The standard InChI is InChI=1S/C17H27N3O4S2/c21-17(18-6-3-7-19-9-11-24-12-10-19)15-4-1-8-20(14-15)26(22,23)16-5-2-13-25-16/h2,5,13,15H,1,3-4,6-12,14H2,(H,18,21)/t15-/m0/s1. The highest BCUT2D eigenvalue weighted by atomic mass is 32.2. The molecule has 1 N–H and O–H groups in total. The Morgan fingerprint density at radius 3 is 2.85 bits per heavy atom. The summed E-state index contributed by atoms with van der Waals surface area (Å²) in [6, 6.07) is 3.36. The van der Waals surface area contributed by atoms with Gasteiger partial charge < -0.3 is 10.1 Å². The van der Waals surface area contributed by atoms with Crippen molar-refractivity contribution in [1.29, 1.82) is 0 Å². The van der Waals surface area contributed by atoms with Gasteiger partial charge in [0.1, 0.15) is 4.21 Å². The smallest absolute Gasteiger partial charge is 0.252 e. The van der Waals surface area contributed by atoms with E-state index in [0.29, 0.717) is 17.3 Å². The molecule has 2 saturated heterocycles. The minimum Gasteiger partial charge on any atom is -0.379 e. The molecular formula is C17H27N3O4S2. The molecule has 26 heavy (non-hydrogen) atoms. The van der Waals surface area contributed by atoms with E-state index in [0.717, 1.165) is 52.1 Å². The molecule has 1 amide bonds. The number of piperidine rings is 1. The third-order valence-corrected chi connectivity index (χ3v) is 8.14. The van der Waals surface area contributed by atoms with E-state index in [1.165, 1.54) is 15.6 Å². The largest absolute Gasteiger partial charge is 0.379 e. The summed E-state index contributed by atoms with van der Waals surface area (Å²) in [6.07, 6.45) is 2.36. The third kappa shape index (κ3) is 5.04. The van der Waals surface area contributed by atoms with Crippen molar-refractivity contribution in [3.63, 3.8) is 0 Å². The van der Waals surface area contributed by atoms with Gasteiger partial charge in [0.15, 0.2) is 0 Å². The lowest BCUT2D eigenvalue weighted by atomic mass is 9.99. The van der Waals surface area contributed by atoms with Crippen LogP contribution in [-0.2, 0) is 19.6 Å². The van der Waals surface area contributed by atoms with Crippen LogP contribution in [-0.4, -0.2) is 76.0 Å². The first-order valence-corrected chi connectivity index (χ1v) is 11.5. The Morgan fingerprint density at radius 1 is 1.31 bits per heavy atom. The summed E-state index contributed by atoms with van der Waals surface area (Å²) in [4.78, 5) is 14.8. The van der Waals surface area contributed by atoms with Crippen LogP contribution in [0.5, 0.6) is 0 Å². The monoisotopic (exact) mass is 401 g/mol. The van der Waals surface area contributed by atoms with Crippen LogP contribution in [0, 0.1) is 5.92 Å². The molecule has 3 heterocycles. The van der Waals surface area contributed by atoms with Crippen LogP contribution in [0.25, 0.3) is 0 Å². The Bertz CT molecular complexity index is 672. The molecule has 2 aliphatic heterocycles. The Hall–Kier alpha value is -1.00. The molecule has 0 bridgehead atoms. The number of hydrogen-bond acceptors (Lipinski definition) is 6. The topological polar surface area (TPSA) is 79.0 Å². The Morgan fingerprint density at radius 2 is 2.12 bits per heavy atom. The van der Waals surface area contributed by atoms with Gasteiger partial charge >= 0.3 is 0 Å². The highest BCUT2D eigenvalue weighted by molar-refractivity contribution is 7.91. The molecule has 0 unspecified atom stereocenters. The van der Waals surface area contributed by atoms with Crippen LogP contribution in [0.3, 0.4) is 0 Å². The average molecular weight is 402 g/mol. The second-order valence-electron chi connectivity index (χ2n) is 6.73. The van der Waals surface area contributed by atoms with Gasteiger partial charge in [-0.05, 0) is 37.3 Å². The molecule has 7 nitrogen and oxygen atoms in total. The van der Waals surface area contributed by atoms with Crippen molar-refractivity contribution in [3.8, 4) is 0 Å². The Kier molecular flexibility index (Phi) is 7.05. The molecule has 3 rings (SSSR count). The van der Waals surface area contributed by atoms with Crippen LogP contribution < -0.4 is 5.32 Å². The van der Waals surface area contributed by atoms with Crippen LogP contribution in [0.4, 0.5) is 0 Å². The van der Waals surface area contributed by atoms with Gasteiger partial charge in [0.05, 0.1) is 19.1 Å². The number of morpholine rings is 1. The third-order valence-electron chi connectivity index (χ3n) is 4.90. The van der Waals surface area contributed by atoms with Gasteiger partial charge in [-0.3, -0.25) is 9.69 Å². The predicted molar refractivity (Wildman–Crippen MR) is 101 cm³/mol. The molecule has 0 aromatic carbocycles. The molecule has 1 aromatic heterocycles. The molecule has 2 fully saturated rings. The molecule has 9 heteroatoms. The van der Waals surface area contributed by atoms with Gasteiger partial charge in [-0.15, -0.1) is 11.3 Å². The van der Waals surface area contributed by atoms with Crippen molar-refractivity contribution in [3.05, 3.63) is 17.5 Å². The summed E-state index contributed by atoms with van der Waals surface area (Å²) in [5.41, 5.74) is 0. The van der Waals surface area contributed by atoms with E-state index in [-0.39, 0.29) is 18.4 Å². The van der Waals surface area contributed by atoms with Gasteiger partial charge in [-0.2, -0.15) is 4.31 Å². The number of carbonyl (C=O) groups is 1. The zero-order chi connectivity index (χ0) is 18.4. The van der Waals surface area contributed by atoms with Crippen molar-refractivity contribution < 1.29 is 17.9 Å². The second kappa shape index (κ2) is 9.27. The van der Waals surface area contributed by atoms with Crippen molar-refractivity contribution in [2.75, 3.05) is 52.5 Å². The van der Waals surface area contributed by atoms with Crippen molar-refractivity contribution in [2.45, 2.75) is 23.5 Å². The lowest BCUT2D eigenvalue weighted by Crippen LogP contribution is -2.45. The van der Waals surface area contributed by atoms with Gasteiger partial charge in [0.25, 0.3) is 10.0 Å². The molecule has 1 atom stereocenters. The van der Waals surface area contributed by atoms with Gasteiger partial charge in [-0.1, -0.05) is 6.07 Å². The summed E-state index contributed by atoms with van der Waals surface area (Å²) in [6.45, 7) is 5.80. The van der Waals surface area contributed by atoms with E-state index < -0.39 is 10.0 Å². The molecule has 146 valence electrons. The first kappa shape index (κ1) is 19.8. The minimum atomic E-state index is -3.47. The quantitative estimate of drug-likeness (QED) is 0.690. The van der Waals surface area contributed by atoms with Crippen LogP contribution in [0.2, 0.25) is 0 Å². The van der Waals surface area contributed by atoms with Crippen molar-refractivity contribution >= 4 is 27.3 Å². The lowest BCUT2D eigenvalue weighted by molar-refractivity contribution is -0.126. The van der Waals surface area contributed by atoms with E-state index >= 15 is 0 Å². The fourth-order valence-electron chi connectivity index (χ4n) is 3.40. The maximum absolute atomic E-state index is 12.6. The summed E-state index contributed by atoms with van der Waals surface area (Å²) in [5, 5.41) is 4.74. The highest BCUT2D eigenvalue weighted by Crippen LogP contribution is 2.26. The van der Waals surface area contributed by atoms with E-state index in [4.69, 9.17) is 4.74 Å². The molecule has 0 spiro atoms. The number of carbonyl (C=O) groups excluding carboxylic acids is 1. The number of hydrogen-bond donors (Lipinski definition) is 1. The highest BCUT2D eigenvalue weighted by Gasteiger charge is 2.33. The molecule has 2 aliphatic rings. The minimum absolute atomic E-state index is 0.0296. The average Bonchev–Trinajstić information content (AvgIpc) is 3.22. The maximum atomic E-state index is 12.6. The van der Waals surface area contributed by atoms with Crippen LogP contribution >= 0.6 is 11.3 Å². The number of ether oxygens (including phenoxy) is 1. The first-order chi connectivity index (χ1) is 12.6. The van der Waals surface area contributed by atoms with Crippen LogP contribution in [0.1, 0.15) is 19.3 Å². The summed E-state index contributed by atoms with van der Waals surface area (Å²) < 4.78 is 32.4. The SMILES string of the molecule is O=C(NCCCN1CCOCC1)[C@H]1CCCN(S(=O)(=O)c2cccs2)C1. The van der Waals surface area contributed by atoms with Crippen molar-refractivity contribution in [2.24, 2.45) is 5.92 Å². The second-order valence-corrected chi connectivity index (χ2v) is 9.85. The fourth-order valence-corrected chi connectivity index (χ4v) is 6.06. The first-order valence-electron chi connectivity index (χ1n) is 9.19. The molecular weight excluding hydrogens is 374 g/mol.